The summed E-state index contributed by atoms with van der Waals surface area (Å²) in [5, 5.41) is 21.7. The number of benzene rings is 5. The van der Waals surface area contributed by atoms with Crippen molar-refractivity contribution in [1.29, 1.82) is 0 Å². The predicted octanol–water partition coefficient (Wildman–Crippen LogP) is 6.65. The largest absolute Gasteiger partial charge is 0.495 e. The first-order valence-electron chi connectivity index (χ1n) is 37.4. The SMILES string of the molecule is COc1ccc(C#CCNC2(C)CCN(C3CCN(c4nc([C@@](CO)(OC5CC5)c5ccccc5)c5cc(-c6cn(C)c(=O)c7[nH]ccc67)ccc5n4)CC3)CC2)cc1N1CCC(=O)N(CNC(=O)[C@@H](CC(N)=O)C(NC(=O)CCOCCOCCN2C(=O)C(Sc3ccccc3)=C(Sc3ccccc3)C2=O)C(N)=O)C1=O. The van der Waals surface area contributed by atoms with Crippen LogP contribution in [0.3, 0.4) is 0 Å². The maximum absolute atomic E-state index is 14.3. The molecule has 9 N–H and O–H groups in total. The van der Waals surface area contributed by atoms with Gasteiger partial charge in [0.1, 0.15) is 24.0 Å². The van der Waals surface area contributed by atoms with Gasteiger partial charge < -0.3 is 70.8 Å². The van der Waals surface area contributed by atoms with Gasteiger partial charge in [-0.15, -0.1) is 0 Å². The number of H-pyrrole nitrogens is 1. The van der Waals surface area contributed by atoms with Crippen LogP contribution < -0.4 is 47.5 Å². The number of aryl methyl sites for hydroxylation is 1. The van der Waals surface area contributed by atoms with E-state index < -0.39 is 78.0 Å². The second-order valence-corrected chi connectivity index (χ2v) is 30.7. The van der Waals surface area contributed by atoms with E-state index in [9.17, 15) is 48.3 Å². The van der Waals surface area contributed by atoms with E-state index in [4.69, 9.17) is 40.4 Å². The van der Waals surface area contributed by atoms with E-state index in [1.165, 1.54) is 35.5 Å². The van der Waals surface area contributed by atoms with E-state index in [1.54, 1.807) is 36.0 Å². The molecule has 0 bridgehead atoms. The number of pyridine rings is 1. The summed E-state index contributed by atoms with van der Waals surface area (Å²) in [5.74, 6) is 0.277. The van der Waals surface area contributed by atoms with Crippen molar-refractivity contribution in [3.63, 3.8) is 0 Å². The molecular weight excluding hydrogens is 1470 g/mol. The lowest BCUT2D eigenvalue weighted by molar-refractivity contribution is -0.138. The van der Waals surface area contributed by atoms with Crippen LogP contribution >= 0.6 is 23.5 Å². The Hall–Kier alpha value is -10.8. The third-order valence-electron chi connectivity index (χ3n) is 20.9. The maximum atomic E-state index is 14.3. The number of anilines is 2. The summed E-state index contributed by atoms with van der Waals surface area (Å²) in [6.07, 6.45) is 7.72. The number of aliphatic hydroxyl groups excluding tert-OH is 1. The number of amides is 9. The number of aromatic amines is 1. The van der Waals surface area contributed by atoms with Crippen molar-refractivity contribution in [3.05, 3.63) is 183 Å². The molecule has 0 spiro atoms. The van der Waals surface area contributed by atoms with Crippen LogP contribution in [0.4, 0.5) is 16.4 Å². The molecule has 584 valence electrons. The lowest BCUT2D eigenvalue weighted by Crippen LogP contribution is -2.58. The van der Waals surface area contributed by atoms with Crippen molar-refractivity contribution in [1.82, 2.24) is 50.2 Å². The van der Waals surface area contributed by atoms with Crippen LogP contribution in [0.1, 0.15) is 81.5 Å². The molecular formula is C82H90N14O14S2. The number of nitrogens with zero attached hydrogens (tertiary/aromatic N) is 8. The van der Waals surface area contributed by atoms with Gasteiger partial charge in [-0.1, -0.05) is 108 Å². The Morgan fingerprint density at radius 1 is 0.768 bits per heavy atom. The van der Waals surface area contributed by atoms with Crippen molar-refractivity contribution in [3.8, 4) is 28.7 Å². The first kappa shape index (κ1) is 79.3. The van der Waals surface area contributed by atoms with Crippen LogP contribution in [0.15, 0.2) is 170 Å². The number of hydrogen-bond acceptors (Lipinski definition) is 21. The van der Waals surface area contributed by atoms with Crippen LogP contribution in [0.2, 0.25) is 0 Å². The number of aromatic nitrogens is 4. The standard InChI is InChI=1S/C82H90N14O14S2/c1-81(32-39-92(40-33-81)55-28-36-93(37-29-55)79-88-63-25-22-53(62-49-91(2)76(103)70-59(62)27-35-85-70)47-60(63)73(90-79)82(50-97,110-56-23-24-56)54-15-7-4-8-16-54)87-34-13-14-52-21-26-65(107-3)64(46-52)94-38-30-68(100)96(80(94)106)51-86-75(102)61(48-66(83)98)69(74(84)101)89-67(99)31-42-108-44-45-109-43-41-95-77(104)71(111-57-17-9-5-10-18-57)72(78(95)105)112-58-19-11-6-12-20-58/h4-12,15-22,25-27,35,46-47,49,55-56,61,69,85,87,97H,23-24,28-34,36-45,48,50-51H2,1-3H3,(H2,83,98)(H2,84,101)(H,86,102)(H,89,99)/t61-,69?,82-/m0/s1. The van der Waals surface area contributed by atoms with Crippen molar-refractivity contribution in [2.45, 2.75) is 104 Å². The van der Waals surface area contributed by atoms with Gasteiger partial charge in [0.2, 0.25) is 35.5 Å². The Bertz CT molecular complexity index is 4930. The van der Waals surface area contributed by atoms with Crippen LogP contribution in [-0.4, -0.2) is 203 Å². The Labute approximate surface area is 655 Å². The molecule has 13 rings (SSSR count). The number of methoxy groups -OCH3 is 1. The van der Waals surface area contributed by atoms with Crippen molar-refractivity contribution in [2.24, 2.45) is 24.4 Å². The van der Waals surface area contributed by atoms with E-state index in [2.05, 4.69) is 55.6 Å². The first-order chi connectivity index (χ1) is 54.2. The highest BCUT2D eigenvalue weighted by Crippen LogP contribution is 2.45. The summed E-state index contributed by atoms with van der Waals surface area (Å²) in [7, 11) is 3.19. The molecule has 5 aliphatic rings. The van der Waals surface area contributed by atoms with Crippen LogP contribution in [-0.2, 0) is 60.4 Å². The van der Waals surface area contributed by atoms with Gasteiger partial charge >= 0.3 is 6.03 Å². The van der Waals surface area contributed by atoms with E-state index in [1.807, 2.05) is 115 Å². The van der Waals surface area contributed by atoms with Crippen molar-refractivity contribution >= 4 is 104 Å². The summed E-state index contributed by atoms with van der Waals surface area (Å²) in [5.41, 5.74) is 14.9. The molecule has 3 atom stereocenters. The highest BCUT2D eigenvalue weighted by Gasteiger charge is 2.46. The molecule has 5 aromatic carbocycles. The molecule has 8 aromatic rings. The molecule has 1 unspecified atom stereocenters. The number of imide groups is 2. The Kier molecular flexibility index (Phi) is 25.3. The molecule has 3 saturated heterocycles. The number of piperidine rings is 2. The number of ether oxygens (including phenoxy) is 4. The number of hydrogen-bond donors (Lipinski definition) is 7. The zero-order chi connectivity index (χ0) is 78.6. The molecule has 0 radical (unpaired) electrons. The van der Waals surface area contributed by atoms with Crippen LogP contribution in [0, 0.1) is 17.8 Å². The zero-order valence-corrected chi connectivity index (χ0v) is 64.2. The Balaban J connectivity index is 0.572. The number of rotatable bonds is 33. The number of urea groups is 1. The van der Waals surface area contributed by atoms with Crippen molar-refractivity contribution < 1.29 is 62.4 Å². The molecule has 1 aliphatic carbocycles. The van der Waals surface area contributed by atoms with E-state index in [0.717, 1.165) is 117 Å². The second kappa shape index (κ2) is 35.7. The van der Waals surface area contributed by atoms with Gasteiger partial charge in [0.25, 0.3) is 17.4 Å². The smallest absolute Gasteiger partial charge is 0.332 e. The zero-order valence-electron chi connectivity index (χ0n) is 62.5. The Morgan fingerprint density at radius 3 is 2.08 bits per heavy atom. The van der Waals surface area contributed by atoms with Gasteiger partial charge in [0, 0.05) is 115 Å². The highest BCUT2D eigenvalue weighted by atomic mass is 32.2. The van der Waals surface area contributed by atoms with Crippen molar-refractivity contribution in [2.75, 3.05) is 102 Å². The summed E-state index contributed by atoms with van der Waals surface area (Å²) in [4.78, 5) is 145. The third kappa shape index (κ3) is 18.2. The minimum Gasteiger partial charge on any atom is -0.495 e. The number of likely N-dealkylation sites (tertiary alicyclic amines) is 1. The summed E-state index contributed by atoms with van der Waals surface area (Å²) >= 11 is 2.44. The van der Waals surface area contributed by atoms with Gasteiger partial charge in [0.15, 0.2) is 5.60 Å². The molecule has 112 heavy (non-hydrogen) atoms. The fourth-order valence-electron chi connectivity index (χ4n) is 14.6. The number of nitrogens with one attached hydrogen (secondary N) is 4. The minimum atomic E-state index is -1.75. The summed E-state index contributed by atoms with van der Waals surface area (Å²) < 4.78 is 25.5. The van der Waals surface area contributed by atoms with Gasteiger partial charge in [-0.2, -0.15) is 0 Å². The lowest BCUT2D eigenvalue weighted by Gasteiger charge is -2.45. The van der Waals surface area contributed by atoms with E-state index in [0.29, 0.717) is 56.6 Å². The Morgan fingerprint density at radius 2 is 1.44 bits per heavy atom. The number of thioether (sulfide) groups is 2. The monoisotopic (exact) mass is 1560 g/mol. The van der Waals surface area contributed by atoms with Crippen LogP contribution in [0.5, 0.6) is 5.75 Å². The second-order valence-electron chi connectivity index (χ2n) is 28.5. The average Bonchev–Trinajstić information content (AvgIpc) is 1.28. The average molecular weight is 1560 g/mol. The fourth-order valence-corrected chi connectivity index (χ4v) is 16.6. The normalized spacial score (nSPS) is 17.4. The lowest BCUT2D eigenvalue weighted by atomic mass is 9.87. The number of fused-ring (bicyclic) bond motifs is 2. The van der Waals surface area contributed by atoms with Gasteiger partial charge in [-0.25, -0.2) is 19.7 Å². The predicted molar refractivity (Wildman–Crippen MR) is 423 cm³/mol. The number of primary amides is 2. The molecule has 9 amide bonds. The molecule has 3 aromatic heterocycles. The quantitative estimate of drug-likeness (QED) is 0.0129. The molecule has 7 heterocycles. The topological polar surface area (TPSA) is 362 Å². The first-order valence-corrected chi connectivity index (χ1v) is 39.1. The van der Waals surface area contributed by atoms with Gasteiger partial charge in [-0.3, -0.25) is 48.2 Å². The third-order valence-corrected chi connectivity index (χ3v) is 23.2. The molecule has 30 heteroatoms. The summed E-state index contributed by atoms with van der Waals surface area (Å²) in [6.45, 7) is 4.62. The molecule has 4 fully saturated rings. The van der Waals surface area contributed by atoms with Gasteiger partial charge in [0.05, 0.1) is 92.0 Å². The van der Waals surface area contributed by atoms with Gasteiger partial charge in [-0.05, 0) is 117 Å². The molecule has 4 aliphatic heterocycles. The highest BCUT2D eigenvalue weighted by molar-refractivity contribution is 8.08. The van der Waals surface area contributed by atoms with Crippen LogP contribution in [0.25, 0.3) is 32.9 Å². The number of nitrogens with two attached hydrogens (primary N) is 2. The molecule has 1 saturated carbocycles. The number of aliphatic hydroxyl groups is 1. The minimum absolute atomic E-state index is 0.00305. The van der Waals surface area contributed by atoms with E-state index >= 15 is 0 Å². The molecule has 28 nitrogen and oxygen atoms in total. The fraction of sp³-hybridized carbons (Fsp3) is 0.378. The number of carbonyl (C=O) groups excluding carboxylic acids is 8. The number of carbonyl (C=O) groups is 8. The summed E-state index contributed by atoms with van der Waals surface area (Å²) in [6, 6.07) is 39.3. The maximum Gasteiger partial charge on any atom is 0.332 e. The van der Waals surface area contributed by atoms with E-state index in [-0.39, 0.29) is 76.2 Å².